The standard InChI is InChI=1S/C8H16O2S/c1-2-3-4-5-11-7-8(10)6-9/h2,8-10H,1,3-7H2. The summed E-state index contributed by atoms with van der Waals surface area (Å²) in [4.78, 5) is 0. The highest BCUT2D eigenvalue weighted by atomic mass is 32.2. The van der Waals surface area contributed by atoms with Crippen LogP contribution in [0.2, 0.25) is 0 Å². The van der Waals surface area contributed by atoms with E-state index in [9.17, 15) is 0 Å². The molecular weight excluding hydrogens is 160 g/mol. The lowest BCUT2D eigenvalue weighted by atomic mass is 10.3. The van der Waals surface area contributed by atoms with Gasteiger partial charge >= 0.3 is 0 Å². The third-order valence-electron chi connectivity index (χ3n) is 1.22. The van der Waals surface area contributed by atoms with Crippen molar-refractivity contribution in [2.75, 3.05) is 18.1 Å². The molecule has 0 amide bonds. The summed E-state index contributed by atoms with van der Waals surface area (Å²) in [5.41, 5.74) is 0. The van der Waals surface area contributed by atoms with E-state index in [0.717, 1.165) is 18.6 Å². The number of aliphatic hydroxyl groups excluding tert-OH is 2. The van der Waals surface area contributed by atoms with Gasteiger partial charge in [-0.2, -0.15) is 11.8 Å². The predicted octanol–water partition coefficient (Wildman–Crippen LogP) is 1.04. The number of hydrogen-bond acceptors (Lipinski definition) is 3. The molecule has 0 radical (unpaired) electrons. The summed E-state index contributed by atoms with van der Waals surface area (Å²) in [7, 11) is 0. The molecule has 0 aromatic rings. The van der Waals surface area contributed by atoms with Crippen LogP contribution in [0.15, 0.2) is 12.7 Å². The Morgan fingerprint density at radius 2 is 2.27 bits per heavy atom. The first kappa shape index (κ1) is 11.0. The van der Waals surface area contributed by atoms with E-state index in [1.807, 2.05) is 6.08 Å². The Bertz CT molecular complexity index is 96.1. The van der Waals surface area contributed by atoms with Crippen LogP contribution in [-0.4, -0.2) is 34.4 Å². The Hall–Kier alpha value is 0.01000. The van der Waals surface area contributed by atoms with Crippen LogP contribution in [0.3, 0.4) is 0 Å². The van der Waals surface area contributed by atoms with Gasteiger partial charge in [0.15, 0.2) is 0 Å². The van der Waals surface area contributed by atoms with Crippen molar-refractivity contribution < 1.29 is 10.2 Å². The summed E-state index contributed by atoms with van der Waals surface area (Å²) < 4.78 is 0. The molecule has 0 heterocycles. The van der Waals surface area contributed by atoms with Gasteiger partial charge in [-0.25, -0.2) is 0 Å². The second kappa shape index (κ2) is 8.11. The average molecular weight is 176 g/mol. The van der Waals surface area contributed by atoms with E-state index in [1.54, 1.807) is 11.8 Å². The lowest BCUT2D eigenvalue weighted by molar-refractivity contribution is 0.113. The molecule has 0 aromatic carbocycles. The van der Waals surface area contributed by atoms with Crippen LogP contribution in [0.25, 0.3) is 0 Å². The fraction of sp³-hybridized carbons (Fsp3) is 0.750. The third kappa shape index (κ3) is 7.91. The highest BCUT2D eigenvalue weighted by Gasteiger charge is 1.99. The van der Waals surface area contributed by atoms with Gasteiger partial charge in [-0.1, -0.05) is 6.08 Å². The molecular formula is C8H16O2S. The smallest absolute Gasteiger partial charge is 0.0861 e. The van der Waals surface area contributed by atoms with Gasteiger partial charge in [0.1, 0.15) is 0 Å². The zero-order valence-corrected chi connectivity index (χ0v) is 7.52. The molecule has 0 saturated heterocycles. The van der Waals surface area contributed by atoms with E-state index in [0.29, 0.717) is 5.75 Å². The molecule has 0 aliphatic carbocycles. The van der Waals surface area contributed by atoms with Crippen LogP contribution < -0.4 is 0 Å². The van der Waals surface area contributed by atoms with Crippen LogP contribution >= 0.6 is 11.8 Å². The van der Waals surface area contributed by atoms with Gasteiger partial charge in [0.05, 0.1) is 12.7 Å². The number of allylic oxidation sites excluding steroid dienone is 1. The highest BCUT2D eigenvalue weighted by Crippen LogP contribution is 2.06. The maximum Gasteiger partial charge on any atom is 0.0861 e. The second-order valence-electron chi connectivity index (χ2n) is 2.34. The van der Waals surface area contributed by atoms with Crippen LogP contribution in [0, 0.1) is 0 Å². The van der Waals surface area contributed by atoms with Gasteiger partial charge in [0, 0.05) is 5.75 Å². The molecule has 2 N–H and O–H groups in total. The summed E-state index contributed by atoms with van der Waals surface area (Å²) >= 11 is 1.67. The van der Waals surface area contributed by atoms with Crippen molar-refractivity contribution >= 4 is 11.8 Å². The van der Waals surface area contributed by atoms with Gasteiger partial charge in [-0.3, -0.25) is 0 Å². The maximum absolute atomic E-state index is 8.92. The Balaban J connectivity index is 2.95. The number of hydrogen-bond donors (Lipinski definition) is 2. The van der Waals surface area contributed by atoms with Crippen molar-refractivity contribution in [3.05, 3.63) is 12.7 Å². The minimum absolute atomic E-state index is 0.130. The fourth-order valence-corrected chi connectivity index (χ4v) is 1.52. The third-order valence-corrected chi connectivity index (χ3v) is 2.42. The first-order valence-electron chi connectivity index (χ1n) is 3.78. The van der Waals surface area contributed by atoms with Gasteiger partial charge < -0.3 is 10.2 Å². The summed E-state index contributed by atoms with van der Waals surface area (Å²) in [5.74, 6) is 1.66. The molecule has 66 valence electrons. The van der Waals surface area contributed by atoms with Crippen molar-refractivity contribution in [1.82, 2.24) is 0 Å². The highest BCUT2D eigenvalue weighted by molar-refractivity contribution is 7.99. The van der Waals surface area contributed by atoms with Crippen molar-refractivity contribution in [2.45, 2.75) is 18.9 Å². The summed E-state index contributed by atoms with van der Waals surface area (Å²) in [6.45, 7) is 3.48. The second-order valence-corrected chi connectivity index (χ2v) is 3.49. The molecule has 1 atom stereocenters. The molecule has 0 aliphatic heterocycles. The lowest BCUT2D eigenvalue weighted by Crippen LogP contribution is -2.14. The van der Waals surface area contributed by atoms with Crippen molar-refractivity contribution in [3.63, 3.8) is 0 Å². The Kier molecular flexibility index (Phi) is 8.12. The topological polar surface area (TPSA) is 40.5 Å². The fourth-order valence-electron chi connectivity index (χ4n) is 0.602. The molecule has 0 spiro atoms. The van der Waals surface area contributed by atoms with E-state index in [2.05, 4.69) is 6.58 Å². The zero-order chi connectivity index (χ0) is 8.53. The largest absolute Gasteiger partial charge is 0.394 e. The van der Waals surface area contributed by atoms with Crippen LogP contribution in [0.5, 0.6) is 0 Å². The van der Waals surface area contributed by atoms with Crippen molar-refractivity contribution in [1.29, 1.82) is 0 Å². The van der Waals surface area contributed by atoms with Gasteiger partial charge in [-0.05, 0) is 18.6 Å². The molecule has 11 heavy (non-hydrogen) atoms. The van der Waals surface area contributed by atoms with Crippen LogP contribution in [-0.2, 0) is 0 Å². The molecule has 1 unspecified atom stereocenters. The summed E-state index contributed by atoms with van der Waals surface area (Å²) in [5, 5.41) is 17.4. The molecule has 0 rings (SSSR count). The Morgan fingerprint density at radius 1 is 1.55 bits per heavy atom. The molecule has 0 aromatic heterocycles. The van der Waals surface area contributed by atoms with Crippen molar-refractivity contribution in [2.24, 2.45) is 0 Å². The number of rotatable bonds is 7. The Labute approximate surface area is 72.3 Å². The maximum atomic E-state index is 8.92. The van der Waals surface area contributed by atoms with Crippen LogP contribution in [0.1, 0.15) is 12.8 Å². The number of aliphatic hydroxyl groups is 2. The molecule has 2 nitrogen and oxygen atoms in total. The van der Waals surface area contributed by atoms with E-state index in [-0.39, 0.29) is 6.61 Å². The van der Waals surface area contributed by atoms with Crippen LogP contribution in [0.4, 0.5) is 0 Å². The SMILES string of the molecule is C=CCCCSCC(O)CO. The minimum Gasteiger partial charge on any atom is -0.394 e. The number of thioether (sulfide) groups is 1. The van der Waals surface area contributed by atoms with E-state index in [1.165, 1.54) is 0 Å². The van der Waals surface area contributed by atoms with Crippen molar-refractivity contribution in [3.8, 4) is 0 Å². The van der Waals surface area contributed by atoms with E-state index >= 15 is 0 Å². The summed E-state index contributed by atoms with van der Waals surface area (Å²) in [6.07, 6.45) is 3.47. The Morgan fingerprint density at radius 3 is 2.82 bits per heavy atom. The predicted molar refractivity (Wildman–Crippen MR) is 49.8 cm³/mol. The first-order valence-corrected chi connectivity index (χ1v) is 4.94. The summed E-state index contributed by atoms with van der Waals surface area (Å²) in [6, 6.07) is 0. The normalized spacial score (nSPS) is 12.9. The van der Waals surface area contributed by atoms with Gasteiger partial charge in [0.25, 0.3) is 0 Å². The quantitative estimate of drug-likeness (QED) is 0.450. The van der Waals surface area contributed by atoms with E-state index in [4.69, 9.17) is 10.2 Å². The number of unbranched alkanes of at least 4 members (excludes halogenated alkanes) is 1. The first-order chi connectivity index (χ1) is 5.31. The minimum atomic E-state index is -0.552. The molecule has 0 fully saturated rings. The molecule has 0 saturated carbocycles. The monoisotopic (exact) mass is 176 g/mol. The van der Waals surface area contributed by atoms with Gasteiger partial charge in [0.2, 0.25) is 0 Å². The zero-order valence-electron chi connectivity index (χ0n) is 6.70. The molecule has 0 aliphatic rings. The van der Waals surface area contributed by atoms with Gasteiger partial charge in [-0.15, -0.1) is 6.58 Å². The molecule has 3 heteroatoms. The molecule has 0 bridgehead atoms. The average Bonchev–Trinajstić information content (AvgIpc) is 2.04. The lowest BCUT2D eigenvalue weighted by Gasteiger charge is -2.04. The van der Waals surface area contributed by atoms with E-state index < -0.39 is 6.10 Å².